The number of amides is 1. The van der Waals surface area contributed by atoms with Crippen LogP contribution < -0.4 is 15.4 Å². The molecule has 2 N–H and O–H groups in total. The lowest BCUT2D eigenvalue weighted by molar-refractivity contribution is -0.133. The van der Waals surface area contributed by atoms with Crippen molar-refractivity contribution in [1.82, 2.24) is 20.5 Å². The molecule has 1 amide bonds. The van der Waals surface area contributed by atoms with E-state index in [1.54, 1.807) is 13.2 Å². The summed E-state index contributed by atoms with van der Waals surface area (Å²) >= 11 is 0. The van der Waals surface area contributed by atoms with Gasteiger partial charge >= 0.3 is 0 Å². The largest absolute Gasteiger partial charge is 0.475 e. The molecule has 1 fully saturated rings. The van der Waals surface area contributed by atoms with E-state index in [9.17, 15) is 4.79 Å². The number of ether oxygens (including phenoxy) is 1. The van der Waals surface area contributed by atoms with Crippen LogP contribution in [-0.2, 0) is 11.3 Å². The smallest absolute Gasteiger partial charge is 0.225 e. The Morgan fingerprint density at radius 3 is 2.76 bits per heavy atom. The van der Waals surface area contributed by atoms with Crippen LogP contribution in [0.1, 0.15) is 53.0 Å². The molecule has 1 saturated heterocycles. The molecule has 2 rings (SSSR count). The number of nitrogens with one attached hydrogen (secondary N) is 2. The molecule has 7 nitrogen and oxygen atoms in total. The molecule has 2 atom stereocenters. The highest BCUT2D eigenvalue weighted by atomic mass is 16.5. The first-order chi connectivity index (χ1) is 13.8. The van der Waals surface area contributed by atoms with E-state index in [4.69, 9.17) is 4.74 Å². The molecule has 7 heteroatoms. The summed E-state index contributed by atoms with van der Waals surface area (Å²) in [5.41, 5.74) is 1.08. The summed E-state index contributed by atoms with van der Waals surface area (Å²) in [5.74, 6) is 2.23. The third-order valence-corrected chi connectivity index (χ3v) is 4.94. The second-order valence-corrected chi connectivity index (χ2v) is 8.56. The number of rotatable bonds is 8. The zero-order valence-electron chi connectivity index (χ0n) is 18.7. The van der Waals surface area contributed by atoms with E-state index in [1.165, 1.54) is 0 Å². The monoisotopic (exact) mass is 403 g/mol. The number of pyridine rings is 1. The number of carbonyl (C=O) groups is 1. The van der Waals surface area contributed by atoms with E-state index in [1.807, 2.05) is 30.9 Å². The maximum Gasteiger partial charge on any atom is 0.225 e. The minimum absolute atomic E-state index is 0.0394. The van der Waals surface area contributed by atoms with E-state index in [2.05, 4.69) is 41.4 Å². The Bertz CT molecular complexity index is 690. The van der Waals surface area contributed by atoms with Crippen molar-refractivity contribution >= 4 is 11.9 Å². The van der Waals surface area contributed by atoms with Gasteiger partial charge in [0.25, 0.3) is 0 Å². The Morgan fingerprint density at radius 1 is 1.34 bits per heavy atom. The van der Waals surface area contributed by atoms with Gasteiger partial charge in [-0.3, -0.25) is 9.79 Å². The van der Waals surface area contributed by atoms with Crippen LogP contribution in [0, 0.1) is 11.8 Å². The van der Waals surface area contributed by atoms with Gasteiger partial charge in [0, 0.05) is 50.9 Å². The van der Waals surface area contributed by atoms with Crippen LogP contribution in [0.3, 0.4) is 0 Å². The summed E-state index contributed by atoms with van der Waals surface area (Å²) in [7, 11) is 1.76. The van der Waals surface area contributed by atoms with Crippen LogP contribution in [0.5, 0.6) is 5.88 Å². The Morgan fingerprint density at radius 2 is 2.10 bits per heavy atom. The van der Waals surface area contributed by atoms with Crippen molar-refractivity contribution in [3.05, 3.63) is 23.9 Å². The second kappa shape index (κ2) is 11.0. The molecule has 0 spiro atoms. The minimum atomic E-state index is 0.0394. The number of aromatic nitrogens is 1. The molecule has 2 unspecified atom stereocenters. The highest BCUT2D eigenvalue weighted by Gasteiger charge is 2.27. The van der Waals surface area contributed by atoms with Gasteiger partial charge in [-0.25, -0.2) is 4.98 Å². The molecular weight excluding hydrogens is 366 g/mol. The van der Waals surface area contributed by atoms with Crippen molar-refractivity contribution in [3.8, 4) is 5.88 Å². The molecule has 162 valence electrons. The molecule has 29 heavy (non-hydrogen) atoms. The van der Waals surface area contributed by atoms with E-state index >= 15 is 0 Å². The van der Waals surface area contributed by atoms with Crippen LogP contribution in [0.4, 0.5) is 0 Å². The summed E-state index contributed by atoms with van der Waals surface area (Å²) in [6.45, 7) is 12.5. The highest BCUT2D eigenvalue weighted by molar-refractivity contribution is 5.81. The van der Waals surface area contributed by atoms with Crippen molar-refractivity contribution < 1.29 is 9.53 Å². The number of hydrogen-bond donors (Lipinski definition) is 2. The van der Waals surface area contributed by atoms with Gasteiger partial charge in [-0.15, -0.1) is 0 Å². The fraction of sp³-hybridized carbons (Fsp3) is 0.682. The van der Waals surface area contributed by atoms with Gasteiger partial charge in [0.2, 0.25) is 11.8 Å². The van der Waals surface area contributed by atoms with E-state index in [-0.39, 0.29) is 24.0 Å². The molecule has 0 radical (unpaired) electrons. The van der Waals surface area contributed by atoms with E-state index < -0.39 is 0 Å². The first-order valence-corrected chi connectivity index (χ1v) is 10.7. The van der Waals surface area contributed by atoms with Crippen LogP contribution >= 0.6 is 0 Å². The molecule has 1 aromatic heterocycles. The molecule has 2 heterocycles. The lowest BCUT2D eigenvalue weighted by Crippen LogP contribution is -2.45. The lowest BCUT2D eigenvalue weighted by atomic mass is 10.1. The molecule has 0 aromatic carbocycles. The SMILES string of the molecule is CN=C(NCc1ccnc(OC(C)CC(C)C)c1)NC1CCN(C(=O)C(C)C)C1. The Labute approximate surface area is 175 Å². The maximum absolute atomic E-state index is 12.2. The average molecular weight is 404 g/mol. The molecule has 1 aromatic rings. The van der Waals surface area contributed by atoms with Crippen molar-refractivity contribution in [3.63, 3.8) is 0 Å². The normalized spacial score (nSPS) is 18.3. The molecule has 0 aliphatic carbocycles. The fourth-order valence-electron chi connectivity index (χ4n) is 3.56. The topological polar surface area (TPSA) is 78.9 Å². The van der Waals surface area contributed by atoms with Crippen molar-refractivity contribution in [2.24, 2.45) is 16.8 Å². The minimum Gasteiger partial charge on any atom is -0.475 e. The molecular formula is C22H37N5O2. The van der Waals surface area contributed by atoms with Crippen LogP contribution in [0.2, 0.25) is 0 Å². The van der Waals surface area contributed by atoms with Gasteiger partial charge in [-0.2, -0.15) is 0 Å². The Balaban J connectivity index is 1.84. The van der Waals surface area contributed by atoms with Gasteiger partial charge in [-0.05, 0) is 37.3 Å². The summed E-state index contributed by atoms with van der Waals surface area (Å²) in [4.78, 5) is 22.7. The summed E-state index contributed by atoms with van der Waals surface area (Å²) in [5, 5.41) is 6.77. The quantitative estimate of drug-likeness (QED) is 0.515. The molecule has 0 saturated carbocycles. The number of aliphatic imine (C=N–C) groups is 1. The van der Waals surface area contributed by atoms with Crippen molar-refractivity contribution in [1.29, 1.82) is 0 Å². The highest BCUT2D eigenvalue weighted by Crippen LogP contribution is 2.15. The molecule has 1 aliphatic heterocycles. The van der Waals surface area contributed by atoms with Gasteiger partial charge in [-0.1, -0.05) is 27.7 Å². The number of guanidine groups is 1. The predicted octanol–water partition coefficient (Wildman–Crippen LogP) is 2.82. The van der Waals surface area contributed by atoms with E-state index in [0.717, 1.165) is 37.5 Å². The molecule has 0 bridgehead atoms. The zero-order valence-corrected chi connectivity index (χ0v) is 18.7. The third kappa shape index (κ3) is 7.55. The lowest BCUT2D eigenvalue weighted by Gasteiger charge is -2.20. The van der Waals surface area contributed by atoms with Crippen molar-refractivity contribution in [2.75, 3.05) is 20.1 Å². The molecule has 1 aliphatic rings. The number of likely N-dealkylation sites (tertiary alicyclic amines) is 1. The number of nitrogens with zero attached hydrogens (tertiary/aromatic N) is 3. The standard InChI is InChI=1S/C22H37N5O2/c1-15(2)11-17(5)29-20-12-18(7-9-24-20)13-25-22(23-6)26-19-8-10-27(14-19)21(28)16(3)4/h7,9,12,15-17,19H,8,10-11,13-14H2,1-6H3,(H2,23,25,26). The first-order valence-electron chi connectivity index (χ1n) is 10.7. The summed E-state index contributed by atoms with van der Waals surface area (Å²) < 4.78 is 5.94. The van der Waals surface area contributed by atoms with Crippen molar-refractivity contribution in [2.45, 2.75) is 66.2 Å². The third-order valence-electron chi connectivity index (χ3n) is 4.94. The predicted molar refractivity (Wildman–Crippen MR) is 117 cm³/mol. The first kappa shape index (κ1) is 23.0. The van der Waals surface area contributed by atoms with Gasteiger partial charge < -0.3 is 20.3 Å². The van der Waals surface area contributed by atoms with Crippen LogP contribution in [0.25, 0.3) is 0 Å². The van der Waals surface area contributed by atoms with E-state index in [0.29, 0.717) is 18.3 Å². The average Bonchev–Trinajstić information content (AvgIpc) is 3.12. The van der Waals surface area contributed by atoms with Gasteiger partial charge in [0.1, 0.15) is 0 Å². The Hall–Kier alpha value is -2.31. The summed E-state index contributed by atoms with van der Waals surface area (Å²) in [6.07, 6.45) is 3.84. The summed E-state index contributed by atoms with van der Waals surface area (Å²) in [6, 6.07) is 4.16. The Kier molecular flexibility index (Phi) is 8.73. The fourth-order valence-corrected chi connectivity index (χ4v) is 3.56. The zero-order chi connectivity index (χ0) is 21.4. The second-order valence-electron chi connectivity index (χ2n) is 8.56. The number of hydrogen-bond acceptors (Lipinski definition) is 4. The van der Waals surface area contributed by atoms with Crippen LogP contribution in [0.15, 0.2) is 23.3 Å². The van der Waals surface area contributed by atoms with Crippen LogP contribution in [-0.4, -0.2) is 54.0 Å². The maximum atomic E-state index is 12.2. The number of carbonyl (C=O) groups excluding carboxylic acids is 1. The van der Waals surface area contributed by atoms with Gasteiger partial charge in [0.15, 0.2) is 5.96 Å². The van der Waals surface area contributed by atoms with Gasteiger partial charge in [0.05, 0.1) is 6.10 Å².